The molecule has 0 heterocycles. The van der Waals surface area contributed by atoms with E-state index in [1.54, 1.807) is 12.1 Å². The normalized spacial score (nSPS) is 38.3. The Hall–Kier alpha value is -2.85. The Bertz CT molecular complexity index is 1560. The summed E-state index contributed by atoms with van der Waals surface area (Å²) in [6.07, 6.45) is 18.8. The summed E-state index contributed by atoms with van der Waals surface area (Å²) in [6, 6.07) is 4.72. The highest BCUT2D eigenvalue weighted by Gasteiger charge is 2.56. The van der Waals surface area contributed by atoms with Gasteiger partial charge >= 0.3 is 0 Å². The number of rotatable bonds is 4. The second kappa shape index (κ2) is 8.37. The number of sulfone groups is 1. The number of phenols is 2. The molecule has 10 rings (SSSR count). The van der Waals surface area contributed by atoms with Gasteiger partial charge in [0.2, 0.25) is 9.84 Å². The quantitative estimate of drug-likeness (QED) is 0.202. The van der Waals surface area contributed by atoms with Crippen molar-refractivity contribution >= 4 is 21.2 Å². The summed E-state index contributed by atoms with van der Waals surface area (Å²) in [5, 5.41) is 21.8. The first kappa shape index (κ1) is 25.8. The van der Waals surface area contributed by atoms with Gasteiger partial charge in [-0.3, -0.25) is 0 Å². The van der Waals surface area contributed by atoms with Crippen molar-refractivity contribution in [2.24, 2.45) is 35.5 Å². The van der Waals surface area contributed by atoms with Gasteiger partial charge in [-0.25, -0.2) is 8.42 Å². The first-order valence-electron chi connectivity index (χ1n) is 15.5. The molecule has 0 unspecified atom stereocenters. The van der Waals surface area contributed by atoms with Crippen LogP contribution in [0.15, 0.2) is 28.0 Å². The molecule has 6 N–H and O–H groups in total. The molecule has 216 valence electrons. The van der Waals surface area contributed by atoms with Crippen LogP contribution in [-0.2, 0) is 20.7 Å². The van der Waals surface area contributed by atoms with E-state index in [4.69, 9.17) is 17.9 Å². The summed E-state index contributed by atoms with van der Waals surface area (Å²) < 4.78 is 30.4. The smallest absolute Gasteiger partial charge is 0.208 e. The van der Waals surface area contributed by atoms with Gasteiger partial charge in [0.05, 0.1) is 26.7 Å². The van der Waals surface area contributed by atoms with Crippen molar-refractivity contribution in [3.05, 3.63) is 34.9 Å². The standard InChI is InChI=1S/C34H40N2O4S/c1-2-24-31(36)29(38)10-26(34-15-21-6-22(16-34)8-23(7-21)17-34)32(24)41(39,40)30-11-27(35)28(37)9-25(30)33-12-18-3-19(13-33)5-20(4-18)14-33/h1,9-11,18-23,37-38H,3-8,12-17,35-36H2. The van der Waals surface area contributed by atoms with Gasteiger partial charge in [-0.05, 0) is 153 Å². The zero-order valence-electron chi connectivity index (χ0n) is 23.5. The average Bonchev–Trinajstić information content (AvgIpc) is 2.89. The van der Waals surface area contributed by atoms with Crippen molar-refractivity contribution in [3.63, 3.8) is 0 Å². The van der Waals surface area contributed by atoms with E-state index in [-0.39, 0.29) is 49.1 Å². The molecule has 41 heavy (non-hydrogen) atoms. The van der Waals surface area contributed by atoms with E-state index in [1.807, 2.05) is 0 Å². The van der Waals surface area contributed by atoms with Crippen LogP contribution in [0.5, 0.6) is 11.5 Å². The number of benzene rings is 2. The fraction of sp³-hybridized carbons (Fsp3) is 0.588. The van der Waals surface area contributed by atoms with E-state index in [1.165, 1.54) is 44.6 Å². The molecular weight excluding hydrogens is 532 g/mol. The molecule has 7 heteroatoms. The molecular formula is C34H40N2O4S. The number of aromatic hydroxyl groups is 2. The van der Waals surface area contributed by atoms with Gasteiger partial charge < -0.3 is 21.7 Å². The number of anilines is 2. The summed E-state index contributed by atoms with van der Waals surface area (Å²) in [7, 11) is -4.23. The summed E-state index contributed by atoms with van der Waals surface area (Å²) in [5.74, 6) is 5.84. The number of hydrogen-bond donors (Lipinski definition) is 4. The largest absolute Gasteiger partial charge is 0.506 e. The number of nitrogen functional groups attached to an aromatic ring is 2. The van der Waals surface area contributed by atoms with Crippen molar-refractivity contribution in [1.82, 2.24) is 0 Å². The van der Waals surface area contributed by atoms with Crippen LogP contribution in [0, 0.1) is 47.9 Å². The fourth-order valence-corrected chi connectivity index (χ4v) is 13.8. The molecule has 0 atom stereocenters. The molecule has 8 fully saturated rings. The lowest BCUT2D eigenvalue weighted by molar-refractivity contribution is -0.00680. The molecule has 6 nitrogen and oxygen atoms in total. The zero-order chi connectivity index (χ0) is 28.5. The van der Waals surface area contributed by atoms with E-state index in [0.29, 0.717) is 46.6 Å². The third kappa shape index (κ3) is 3.59. The van der Waals surface area contributed by atoms with E-state index in [9.17, 15) is 10.2 Å². The second-order valence-electron chi connectivity index (χ2n) is 15.0. The van der Waals surface area contributed by atoms with Crippen LogP contribution < -0.4 is 11.5 Å². The Morgan fingerprint density at radius 3 is 1.56 bits per heavy atom. The topological polar surface area (TPSA) is 127 Å². The summed E-state index contributed by atoms with van der Waals surface area (Å²) >= 11 is 0. The van der Waals surface area contributed by atoms with Crippen molar-refractivity contribution < 1.29 is 18.6 Å². The van der Waals surface area contributed by atoms with E-state index in [0.717, 1.165) is 38.5 Å². The lowest BCUT2D eigenvalue weighted by Gasteiger charge is -2.57. The molecule has 8 aliphatic rings. The Morgan fingerprint density at radius 2 is 1.12 bits per heavy atom. The van der Waals surface area contributed by atoms with Crippen molar-refractivity contribution in [3.8, 4) is 23.8 Å². The highest BCUT2D eigenvalue weighted by atomic mass is 32.2. The molecule has 0 amide bonds. The van der Waals surface area contributed by atoms with E-state index < -0.39 is 9.84 Å². The van der Waals surface area contributed by atoms with Gasteiger partial charge in [0.25, 0.3) is 0 Å². The predicted molar refractivity (Wildman–Crippen MR) is 158 cm³/mol. The first-order valence-corrected chi connectivity index (χ1v) is 17.0. The fourth-order valence-electron chi connectivity index (χ4n) is 11.7. The summed E-state index contributed by atoms with van der Waals surface area (Å²) in [5.41, 5.74) is 13.3. The molecule has 0 radical (unpaired) electrons. The van der Waals surface area contributed by atoms with Gasteiger partial charge in [0, 0.05) is 0 Å². The highest BCUT2D eigenvalue weighted by molar-refractivity contribution is 7.91. The molecule has 8 aliphatic carbocycles. The molecule has 8 saturated carbocycles. The van der Waals surface area contributed by atoms with Gasteiger partial charge in [0.15, 0.2) is 0 Å². The molecule has 8 bridgehead atoms. The molecule has 0 spiro atoms. The van der Waals surface area contributed by atoms with Crippen LogP contribution in [0.2, 0.25) is 0 Å². The molecule has 2 aromatic carbocycles. The Labute approximate surface area is 242 Å². The maximum absolute atomic E-state index is 15.2. The summed E-state index contributed by atoms with van der Waals surface area (Å²) in [6.45, 7) is 0. The second-order valence-corrected chi connectivity index (χ2v) is 16.9. The first-order chi connectivity index (χ1) is 19.5. The van der Waals surface area contributed by atoms with Gasteiger partial charge in [-0.1, -0.05) is 5.92 Å². The number of hydrogen-bond acceptors (Lipinski definition) is 6. The number of terminal acetylenes is 1. The van der Waals surface area contributed by atoms with Gasteiger partial charge in [-0.15, -0.1) is 6.42 Å². The highest BCUT2D eigenvalue weighted by Crippen LogP contribution is 2.64. The van der Waals surface area contributed by atoms with Gasteiger partial charge in [0.1, 0.15) is 11.5 Å². The van der Waals surface area contributed by atoms with Crippen molar-refractivity contribution in [1.29, 1.82) is 0 Å². The molecule has 0 saturated heterocycles. The van der Waals surface area contributed by atoms with Crippen LogP contribution in [0.4, 0.5) is 11.4 Å². The monoisotopic (exact) mass is 572 g/mol. The zero-order valence-corrected chi connectivity index (χ0v) is 24.3. The molecule has 2 aromatic rings. The van der Waals surface area contributed by atoms with Crippen molar-refractivity contribution in [2.75, 3.05) is 11.5 Å². The van der Waals surface area contributed by atoms with Crippen LogP contribution in [0.25, 0.3) is 0 Å². The van der Waals surface area contributed by atoms with Crippen LogP contribution in [0.3, 0.4) is 0 Å². The number of nitrogens with two attached hydrogens (primary N) is 2. The minimum absolute atomic E-state index is 0.0439. The third-order valence-electron chi connectivity index (χ3n) is 12.3. The molecule has 0 aromatic heterocycles. The Balaban J connectivity index is 1.37. The lowest BCUT2D eigenvalue weighted by Crippen LogP contribution is -2.49. The van der Waals surface area contributed by atoms with Crippen molar-refractivity contribution in [2.45, 2.75) is 97.7 Å². The van der Waals surface area contributed by atoms with Crippen LogP contribution >= 0.6 is 0 Å². The average molecular weight is 573 g/mol. The van der Waals surface area contributed by atoms with Gasteiger partial charge in [-0.2, -0.15) is 0 Å². The molecule has 0 aliphatic heterocycles. The van der Waals surface area contributed by atoms with E-state index >= 15 is 8.42 Å². The maximum atomic E-state index is 15.2. The van der Waals surface area contributed by atoms with Crippen LogP contribution in [-0.4, -0.2) is 18.6 Å². The minimum Gasteiger partial charge on any atom is -0.506 e. The predicted octanol–water partition coefficient (Wildman–Crippen LogP) is 6.01. The Kier molecular flexibility index (Phi) is 5.27. The number of phenolic OH excluding ortho intramolecular Hbond substituents is 2. The third-order valence-corrected chi connectivity index (χ3v) is 14.2. The lowest BCUT2D eigenvalue weighted by atomic mass is 9.48. The maximum Gasteiger partial charge on any atom is 0.208 e. The SMILES string of the molecule is C#Cc1c(N)c(O)cc(C23CC4CC(CC(C4)C2)C3)c1S(=O)(=O)c1cc(N)c(O)cc1C12CC3CC(CC(C3)C1)C2. The summed E-state index contributed by atoms with van der Waals surface area (Å²) in [4.78, 5) is 0.232. The van der Waals surface area contributed by atoms with E-state index in [2.05, 4.69) is 5.92 Å². The Morgan fingerprint density at radius 1 is 0.707 bits per heavy atom. The minimum atomic E-state index is -4.23. The van der Waals surface area contributed by atoms with Crippen LogP contribution in [0.1, 0.15) is 93.7 Å².